The molecule has 0 aliphatic heterocycles. The number of thiophene rings is 1. The first-order valence-corrected chi connectivity index (χ1v) is 6.94. The number of nitrogens with zero attached hydrogens (tertiary/aromatic N) is 2. The van der Waals surface area contributed by atoms with Gasteiger partial charge in [-0.25, -0.2) is 0 Å². The number of aromatic nitrogens is 2. The Morgan fingerprint density at radius 3 is 2.59 bits per heavy atom. The van der Waals surface area contributed by atoms with Crippen LogP contribution in [-0.4, -0.2) is 16.1 Å². The predicted octanol–water partition coefficient (Wildman–Crippen LogP) is 3.94. The molecule has 0 fully saturated rings. The minimum atomic E-state index is -0.126. The third-order valence-electron chi connectivity index (χ3n) is 2.43. The van der Waals surface area contributed by atoms with Gasteiger partial charge in [0, 0.05) is 27.0 Å². The molecule has 2 rings (SSSR count). The van der Waals surface area contributed by atoms with E-state index in [0.717, 1.165) is 22.0 Å². The summed E-state index contributed by atoms with van der Waals surface area (Å²) in [7, 11) is 0. The highest BCUT2D eigenvalue weighted by atomic mass is 79.9. The zero-order valence-corrected chi connectivity index (χ0v) is 12.3. The van der Waals surface area contributed by atoms with Crippen LogP contribution in [0.2, 0.25) is 0 Å². The maximum Gasteiger partial charge on any atom is 0.153 e. The van der Waals surface area contributed by atoms with Crippen LogP contribution in [-0.2, 0) is 5.54 Å². The van der Waals surface area contributed by atoms with Crippen LogP contribution in [0.4, 0.5) is 0 Å². The van der Waals surface area contributed by atoms with Crippen molar-refractivity contribution in [2.75, 3.05) is 0 Å². The van der Waals surface area contributed by atoms with E-state index in [1.807, 2.05) is 15.4 Å². The average Bonchev–Trinajstić information content (AvgIpc) is 2.81. The monoisotopic (exact) mass is 312 g/mol. The lowest BCUT2D eigenvalue weighted by Crippen LogP contribution is -2.22. The van der Waals surface area contributed by atoms with Crippen LogP contribution >= 0.6 is 27.3 Å². The molecule has 0 amide bonds. The topological polar surface area (TPSA) is 34.9 Å². The summed E-state index contributed by atoms with van der Waals surface area (Å²) < 4.78 is 2.81. The van der Waals surface area contributed by atoms with Gasteiger partial charge in [0.15, 0.2) is 6.29 Å². The molecule has 0 radical (unpaired) electrons. The highest BCUT2D eigenvalue weighted by molar-refractivity contribution is 9.10. The highest BCUT2D eigenvalue weighted by Gasteiger charge is 2.20. The Balaban J connectivity index is 2.59. The van der Waals surface area contributed by atoms with Gasteiger partial charge in [0.1, 0.15) is 5.69 Å². The van der Waals surface area contributed by atoms with Gasteiger partial charge in [-0.2, -0.15) is 16.4 Å². The first kappa shape index (κ1) is 12.5. The molecule has 2 aromatic rings. The molecule has 0 aliphatic carbocycles. The van der Waals surface area contributed by atoms with E-state index in [1.165, 1.54) is 0 Å². The van der Waals surface area contributed by atoms with E-state index >= 15 is 0 Å². The predicted molar refractivity (Wildman–Crippen MR) is 73.6 cm³/mol. The Kier molecular flexibility index (Phi) is 3.23. The smallest absolute Gasteiger partial charge is 0.153 e. The Morgan fingerprint density at radius 1 is 1.41 bits per heavy atom. The minimum Gasteiger partial charge on any atom is -0.298 e. The molecule has 90 valence electrons. The first-order chi connectivity index (χ1) is 7.93. The van der Waals surface area contributed by atoms with Crippen molar-refractivity contribution in [2.24, 2.45) is 0 Å². The Labute approximate surface area is 113 Å². The fourth-order valence-corrected chi connectivity index (χ4v) is 2.94. The Morgan fingerprint density at radius 2 is 2.12 bits per heavy atom. The van der Waals surface area contributed by atoms with E-state index < -0.39 is 0 Å². The summed E-state index contributed by atoms with van der Waals surface area (Å²) in [5.41, 5.74) is 2.21. The van der Waals surface area contributed by atoms with Crippen molar-refractivity contribution < 1.29 is 4.79 Å². The number of halogens is 1. The van der Waals surface area contributed by atoms with E-state index in [1.54, 1.807) is 17.5 Å². The summed E-state index contributed by atoms with van der Waals surface area (Å²) in [6.45, 7) is 6.17. The first-order valence-electron chi connectivity index (χ1n) is 5.21. The normalized spacial score (nSPS) is 11.8. The van der Waals surface area contributed by atoms with Gasteiger partial charge < -0.3 is 0 Å². The number of carbonyl (C=O) groups is 1. The van der Waals surface area contributed by atoms with Crippen molar-refractivity contribution in [2.45, 2.75) is 26.3 Å². The third kappa shape index (κ3) is 2.35. The molecular formula is C12H13BrN2OS. The van der Waals surface area contributed by atoms with Crippen molar-refractivity contribution in [1.29, 1.82) is 0 Å². The quantitative estimate of drug-likeness (QED) is 0.787. The molecule has 5 heteroatoms. The van der Waals surface area contributed by atoms with Crippen LogP contribution in [0.25, 0.3) is 11.3 Å². The maximum absolute atomic E-state index is 11.1. The lowest BCUT2D eigenvalue weighted by Gasteiger charge is -2.18. The van der Waals surface area contributed by atoms with Gasteiger partial charge in [-0.05, 0) is 36.7 Å². The Bertz CT molecular complexity index is 551. The number of rotatable bonds is 2. The number of carbonyl (C=O) groups excluding carboxylic acids is 1. The fourth-order valence-electron chi connectivity index (χ4n) is 1.48. The average molecular weight is 313 g/mol. The molecule has 2 aromatic heterocycles. The molecule has 0 N–H and O–H groups in total. The molecule has 3 nitrogen and oxygen atoms in total. The van der Waals surface area contributed by atoms with Gasteiger partial charge in [-0.15, -0.1) is 0 Å². The van der Waals surface area contributed by atoms with Gasteiger partial charge in [0.2, 0.25) is 0 Å². The molecule has 0 bridgehead atoms. The van der Waals surface area contributed by atoms with Crippen molar-refractivity contribution >= 4 is 33.6 Å². The zero-order valence-electron chi connectivity index (χ0n) is 9.90. The van der Waals surface area contributed by atoms with E-state index in [2.05, 4.69) is 41.8 Å². The molecule has 0 aromatic carbocycles. The van der Waals surface area contributed by atoms with E-state index in [-0.39, 0.29) is 5.54 Å². The summed E-state index contributed by atoms with van der Waals surface area (Å²) >= 11 is 5.06. The summed E-state index contributed by atoms with van der Waals surface area (Å²) in [5, 5.41) is 8.50. The van der Waals surface area contributed by atoms with E-state index in [4.69, 9.17) is 0 Å². The van der Waals surface area contributed by atoms with Crippen LogP contribution in [0.3, 0.4) is 0 Å². The van der Waals surface area contributed by atoms with Crippen LogP contribution in [0, 0.1) is 0 Å². The van der Waals surface area contributed by atoms with Gasteiger partial charge >= 0.3 is 0 Å². The van der Waals surface area contributed by atoms with Crippen LogP contribution in [0.15, 0.2) is 21.4 Å². The standard InChI is InChI=1S/C12H13BrN2OS/c1-12(2,3)15-4-8(5-16)11(14-15)9-6-17-7-10(9)13/h4-7H,1-3H3. The van der Waals surface area contributed by atoms with Crippen LogP contribution < -0.4 is 0 Å². The molecule has 17 heavy (non-hydrogen) atoms. The highest BCUT2D eigenvalue weighted by Crippen LogP contribution is 2.33. The number of hydrogen-bond donors (Lipinski definition) is 0. The second kappa shape index (κ2) is 4.38. The van der Waals surface area contributed by atoms with Crippen LogP contribution in [0.1, 0.15) is 31.1 Å². The molecule has 0 unspecified atom stereocenters. The van der Waals surface area contributed by atoms with Crippen LogP contribution in [0.5, 0.6) is 0 Å². The van der Waals surface area contributed by atoms with Crippen molar-refractivity contribution in [1.82, 2.24) is 9.78 Å². The molecule has 2 heterocycles. The fraction of sp³-hybridized carbons (Fsp3) is 0.333. The molecule has 0 saturated heterocycles. The maximum atomic E-state index is 11.1. The molecule has 0 atom stereocenters. The zero-order chi connectivity index (χ0) is 12.6. The summed E-state index contributed by atoms with van der Waals surface area (Å²) in [4.78, 5) is 11.1. The van der Waals surface area contributed by atoms with Crippen molar-refractivity contribution in [3.63, 3.8) is 0 Å². The van der Waals surface area contributed by atoms with Crippen molar-refractivity contribution in [3.8, 4) is 11.3 Å². The third-order valence-corrected chi connectivity index (χ3v) is 4.13. The SMILES string of the molecule is CC(C)(C)n1cc(C=O)c(-c2cscc2Br)n1. The molecule has 0 aliphatic rings. The molecular weight excluding hydrogens is 300 g/mol. The van der Waals surface area contributed by atoms with Gasteiger partial charge in [-0.1, -0.05) is 0 Å². The Hall–Kier alpha value is -0.940. The lowest BCUT2D eigenvalue weighted by molar-refractivity contribution is 0.112. The summed E-state index contributed by atoms with van der Waals surface area (Å²) in [5.74, 6) is 0. The summed E-state index contributed by atoms with van der Waals surface area (Å²) in [6.07, 6.45) is 2.65. The van der Waals surface area contributed by atoms with E-state index in [0.29, 0.717) is 5.56 Å². The summed E-state index contributed by atoms with van der Waals surface area (Å²) in [6, 6.07) is 0. The van der Waals surface area contributed by atoms with Crippen molar-refractivity contribution in [3.05, 3.63) is 27.0 Å². The number of hydrogen-bond acceptors (Lipinski definition) is 3. The molecule has 0 saturated carbocycles. The molecule has 0 spiro atoms. The number of aldehydes is 1. The van der Waals surface area contributed by atoms with Gasteiger partial charge in [-0.3, -0.25) is 9.48 Å². The van der Waals surface area contributed by atoms with Gasteiger partial charge in [0.25, 0.3) is 0 Å². The lowest BCUT2D eigenvalue weighted by atomic mass is 10.1. The van der Waals surface area contributed by atoms with E-state index in [9.17, 15) is 4.79 Å². The second-order valence-electron chi connectivity index (χ2n) is 4.80. The largest absolute Gasteiger partial charge is 0.298 e. The van der Waals surface area contributed by atoms with Gasteiger partial charge in [0.05, 0.1) is 11.1 Å². The minimum absolute atomic E-state index is 0.126. The second-order valence-corrected chi connectivity index (χ2v) is 6.40.